The molecule has 20 heavy (non-hydrogen) atoms. The van der Waals surface area contributed by atoms with Gasteiger partial charge in [0.2, 0.25) is 5.88 Å². The SMILES string of the molecule is COCCOCCCn1c(=S)[nH]c2ccc(OC)nc21. The minimum atomic E-state index is 0.580. The smallest absolute Gasteiger partial charge is 0.215 e. The van der Waals surface area contributed by atoms with Gasteiger partial charge in [0, 0.05) is 26.3 Å². The molecule has 0 saturated heterocycles. The summed E-state index contributed by atoms with van der Waals surface area (Å²) in [6, 6.07) is 3.73. The largest absolute Gasteiger partial charge is 0.481 e. The van der Waals surface area contributed by atoms with E-state index in [1.54, 1.807) is 14.2 Å². The quantitative estimate of drug-likeness (QED) is 0.597. The fourth-order valence-corrected chi connectivity index (χ4v) is 2.19. The molecule has 0 aromatic carbocycles. The van der Waals surface area contributed by atoms with Crippen molar-refractivity contribution in [3.63, 3.8) is 0 Å². The molecule has 2 aromatic heterocycles. The summed E-state index contributed by atoms with van der Waals surface area (Å²) in [5, 5.41) is 0. The molecule has 2 rings (SSSR count). The Labute approximate surface area is 122 Å². The van der Waals surface area contributed by atoms with Gasteiger partial charge in [-0.1, -0.05) is 0 Å². The number of imidazole rings is 1. The second-order valence-corrected chi connectivity index (χ2v) is 4.65. The van der Waals surface area contributed by atoms with Crippen LogP contribution in [0.1, 0.15) is 6.42 Å². The molecule has 7 heteroatoms. The molecule has 0 aliphatic heterocycles. The highest BCUT2D eigenvalue weighted by molar-refractivity contribution is 7.71. The first-order valence-corrected chi connectivity index (χ1v) is 6.87. The van der Waals surface area contributed by atoms with Gasteiger partial charge in [0.25, 0.3) is 0 Å². The van der Waals surface area contributed by atoms with E-state index in [0.29, 0.717) is 30.5 Å². The van der Waals surface area contributed by atoms with Crippen molar-refractivity contribution in [1.82, 2.24) is 14.5 Å². The second kappa shape index (κ2) is 7.37. The minimum absolute atomic E-state index is 0.580. The zero-order valence-electron chi connectivity index (χ0n) is 11.7. The van der Waals surface area contributed by atoms with E-state index in [1.807, 2.05) is 16.7 Å². The molecule has 0 spiro atoms. The molecule has 0 atom stereocenters. The van der Waals surface area contributed by atoms with Crippen molar-refractivity contribution >= 4 is 23.4 Å². The zero-order valence-corrected chi connectivity index (χ0v) is 12.5. The van der Waals surface area contributed by atoms with Crippen LogP contribution in [0.4, 0.5) is 0 Å². The van der Waals surface area contributed by atoms with Gasteiger partial charge in [-0.2, -0.15) is 4.98 Å². The number of aromatic nitrogens is 3. The zero-order chi connectivity index (χ0) is 14.4. The van der Waals surface area contributed by atoms with E-state index in [1.165, 1.54) is 0 Å². The highest BCUT2D eigenvalue weighted by Crippen LogP contribution is 2.16. The molecule has 6 nitrogen and oxygen atoms in total. The molecule has 0 aliphatic carbocycles. The third kappa shape index (κ3) is 3.56. The summed E-state index contributed by atoms with van der Waals surface area (Å²) >= 11 is 5.32. The molecule has 0 radical (unpaired) electrons. The third-order valence-electron chi connectivity index (χ3n) is 2.90. The Hall–Kier alpha value is -1.44. The predicted octanol–water partition coefficient (Wildman–Crippen LogP) is 2.16. The van der Waals surface area contributed by atoms with E-state index in [0.717, 1.165) is 24.1 Å². The standard InChI is InChI=1S/C13H19N3O3S/c1-17-8-9-19-7-3-6-16-12-10(14-13(16)20)4-5-11(15-12)18-2/h4-5H,3,6-9H2,1-2H3,(H,14,20). The lowest BCUT2D eigenvalue weighted by atomic mass is 10.4. The van der Waals surface area contributed by atoms with Crippen molar-refractivity contribution in [2.75, 3.05) is 34.0 Å². The van der Waals surface area contributed by atoms with Crippen LogP contribution in [-0.2, 0) is 16.0 Å². The molecule has 0 amide bonds. The predicted molar refractivity (Wildman–Crippen MR) is 78.8 cm³/mol. The lowest BCUT2D eigenvalue weighted by Gasteiger charge is -2.06. The molecule has 0 saturated carbocycles. The Morgan fingerprint density at radius 3 is 2.85 bits per heavy atom. The van der Waals surface area contributed by atoms with E-state index in [-0.39, 0.29) is 0 Å². The van der Waals surface area contributed by atoms with E-state index >= 15 is 0 Å². The Morgan fingerprint density at radius 1 is 1.25 bits per heavy atom. The fourth-order valence-electron chi connectivity index (χ4n) is 1.90. The van der Waals surface area contributed by atoms with Crippen molar-refractivity contribution in [3.05, 3.63) is 16.9 Å². The number of H-pyrrole nitrogens is 1. The number of methoxy groups -OCH3 is 2. The van der Waals surface area contributed by atoms with Crippen molar-refractivity contribution in [1.29, 1.82) is 0 Å². The monoisotopic (exact) mass is 297 g/mol. The number of rotatable bonds is 8. The average Bonchev–Trinajstić information content (AvgIpc) is 2.77. The summed E-state index contributed by atoms with van der Waals surface area (Å²) in [4.78, 5) is 7.56. The van der Waals surface area contributed by atoms with Gasteiger partial charge in [0.1, 0.15) is 0 Å². The number of fused-ring (bicyclic) bond motifs is 1. The highest BCUT2D eigenvalue weighted by atomic mass is 32.1. The van der Waals surface area contributed by atoms with E-state index in [4.69, 9.17) is 26.4 Å². The Kier molecular flexibility index (Phi) is 5.51. The average molecular weight is 297 g/mol. The molecule has 0 unspecified atom stereocenters. The molecule has 1 N–H and O–H groups in total. The second-order valence-electron chi connectivity index (χ2n) is 4.27. The Morgan fingerprint density at radius 2 is 2.10 bits per heavy atom. The van der Waals surface area contributed by atoms with Crippen LogP contribution in [0.15, 0.2) is 12.1 Å². The number of nitrogens with one attached hydrogen (secondary N) is 1. The molecule has 0 bridgehead atoms. The van der Waals surface area contributed by atoms with Crippen LogP contribution in [0.2, 0.25) is 0 Å². The maximum absolute atomic E-state index is 5.44. The lowest BCUT2D eigenvalue weighted by Crippen LogP contribution is -2.07. The number of hydrogen-bond acceptors (Lipinski definition) is 5. The van der Waals surface area contributed by atoms with Crippen LogP contribution in [0.3, 0.4) is 0 Å². The van der Waals surface area contributed by atoms with Gasteiger partial charge in [-0.15, -0.1) is 0 Å². The van der Waals surface area contributed by atoms with E-state index in [2.05, 4.69) is 9.97 Å². The first-order valence-electron chi connectivity index (χ1n) is 6.46. The number of hydrogen-bond donors (Lipinski definition) is 1. The first kappa shape index (κ1) is 15.0. The molecule has 2 heterocycles. The van der Waals surface area contributed by atoms with Crippen LogP contribution in [-0.4, -0.2) is 48.6 Å². The summed E-state index contributed by atoms with van der Waals surface area (Å²) in [5.74, 6) is 0.580. The molecule has 110 valence electrons. The highest BCUT2D eigenvalue weighted by Gasteiger charge is 2.07. The van der Waals surface area contributed by atoms with E-state index in [9.17, 15) is 0 Å². The summed E-state index contributed by atoms with van der Waals surface area (Å²) in [6.07, 6.45) is 0.865. The number of pyridine rings is 1. The lowest BCUT2D eigenvalue weighted by molar-refractivity contribution is 0.0681. The van der Waals surface area contributed by atoms with Crippen LogP contribution in [0, 0.1) is 4.77 Å². The topological polar surface area (TPSA) is 61.3 Å². The first-order chi connectivity index (χ1) is 9.76. The van der Waals surface area contributed by atoms with Gasteiger partial charge in [-0.3, -0.25) is 0 Å². The summed E-state index contributed by atoms with van der Waals surface area (Å²) in [5.41, 5.74) is 1.72. The fraction of sp³-hybridized carbons (Fsp3) is 0.538. The van der Waals surface area contributed by atoms with Crippen LogP contribution in [0.25, 0.3) is 11.2 Å². The number of aryl methyl sites for hydroxylation is 1. The van der Waals surface area contributed by atoms with Gasteiger partial charge in [0.15, 0.2) is 10.4 Å². The third-order valence-corrected chi connectivity index (χ3v) is 3.23. The molecule has 2 aromatic rings. The number of aromatic amines is 1. The van der Waals surface area contributed by atoms with Crippen molar-refractivity contribution < 1.29 is 14.2 Å². The minimum Gasteiger partial charge on any atom is -0.481 e. The Bertz CT molecular complexity index is 608. The van der Waals surface area contributed by atoms with Gasteiger partial charge >= 0.3 is 0 Å². The molecule has 0 fully saturated rings. The van der Waals surface area contributed by atoms with Gasteiger partial charge < -0.3 is 23.8 Å². The summed E-state index contributed by atoms with van der Waals surface area (Å²) < 4.78 is 18.1. The van der Waals surface area contributed by atoms with Crippen molar-refractivity contribution in [2.24, 2.45) is 0 Å². The Balaban J connectivity index is 2.01. The summed E-state index contributed by atoms with van der Waals surface area (Å²) in [7, 11) is 3.26. The number of nitrogens with zero attached hydrogens (tertiary/aromatic N) is 2. The van der Waals surface area contributed by atoms with E-state index < -0.39 is 0 Å². The van der Waals surface area contributed by atoms with Crippen molar-refractivity contribution in [2.45, 2.75) is 13.0 Å². The van der Waals surface area contributed by atoms with Crippen LogP contribution < -0.4 is 4.74 Å². The van der Waals surface area contributed by atoms with Crippen LogP contribution >= 0.6 is 12.2 Å². The normalized spacial score (nSPS) is 11.1. The number of ether oxygens (including phenoxy) is 3. The maximum atomic E-state index is 5.44. The molecular weight excluding hydrogens is 278 g/mol. The van der Waals surface area contributed by atoms with Crippen LogP contribution in [0.5, 0.6) is 5.88 Å². The van der Waals surface area contributed by atoms with Gasteiger partial charge in [-0.25, -0.2) is 0 Å². The molecular formula is C13H19N3O3S. The van der Waals surface area contributed by atoms with Gasteiger partial charge in [-0.05, 0) is 24.7 Å². The maximum Gasteiger partial charge on any atom is 0.215 e. The summed E-state index contributed by atoms with van der Waals surface area (Å²) in [6.45, 7) is 2.65. The van der Waals surface area contributed by atoms with Crippen molar-refractivity contribution in [3.8, 4) is 5.88 Å². The molecule has 0 aliphatic rings. The van der Waals surface area contributed by atoms with Gasteiger partial charge in [0.05, 0.1) is 25.8 Å².